The van der Waals surface area contributed by atoms with Crippen molar-refractivity contribution >= 4 is 28.6 Å². The lowest BCUT2D eigenvalue weighted by molar-refractivity contribution is -0.124. The normalized spacial score (nSPS) is 10.4. The Hall–Kier alpha value is -3.87. The topological polar surface area (TPSA) is 102 Å². The first kappa shape index (κ1) is 19.9. The Labute approximate surface area is 166 Å². The number of carbonyl (C=O) groups excluding carboxylic acids is 3. The lowest BCUT2D eigenvalue weighted by Gasteiger charge is -2.09. The van der Waals surface area contributed by atoms with Gasteiger partial charge >= 0.3 is 11.9 Å². The zero-order valence-corrected chi connectivity index (χ0v) is 15.7. The quantitative estimate of drug-likeness (QED) is 0.625. The molecule has 0 heterocycles. The molecule has 0 aliphatic carbocycles. The maximum Gasteiger partial charge on any atom is 0.342 e. The molecule has 29 heavy (non-hydrogen) atoms. The summed E-state index contributed by atoms with van der Waals surface area (Å²) >= 11 is 0. The molecule has 2 N–H and O–H groups in total. The highest BCUT2D eigenvalue weighted by molar-refractivity contribution is 6.01. The number of benzene rings is 3. The van der Waals surface area contributed by atoms with Gasteiger partial charge < -0.3 is 19.9 Å². The predicted molar refractivity (Wildman–Crippen MR) is 106 cm³/mol. The molecule has 148 valence electrons. The lowest BCUT2D eigenvalue weighted by atomic mass is 10.1. The SMILES string of the molecule is COC(=O)c1ccc(CNC(=O)COC(=O)c2ccc3ccccc3c2O)cc1. The van der Waals surface area contributed by atoms with Gasteiger partial charge in [-0.25, -0.2) is 9.59 Å². The maximum atomic E-state index is 12.2. The number of hydrogen-bond donors (Lipinski definition) is 2. The van der Waals surface area contributed by atoms with Gasteiger partial charge in [0.25, 0.3) is 5.91 Å². The van der Waals surface area contributed by atoms with Crippen molar-refractivity contribution in [3.05, 3.63) is 77.4 Å². The number of phenols is 1. The summed E-state index contributed by atoms with van der Waals surface area (Å²) < 4.78 is 9.62. The summed E-state index contributed by atoms with van der Waals surface area (Å²) in [5.74, 6) is -1.90. The molecule has 0 bridgehead atoms. The van der Waals surface area contributed by atoms with Crippen LogP contribution in [0.15, 0.2) is 60.7 Å². The number of nitrogens with one attached hydrogen (secondary N) is 1. The average molecular weight is 393 g/mol. The molecule has 1 amide bonds. The largest absolute Gasteiger partial charge is 0.506 e. The van der Waals surface area contributed by atoms with Gasteiger partial charge in [-0.2, -0.15) is 0 Å². The number of fused-ring (bicyclic) bond motifs is 1. The first-order valence-electron chi connectivity index (χ1n) is 8.81. The molecule has 7 heteroatoms. The van der Waals surface area contributed by atoms with Gasteiger partial charge in [0.1, 0.15) is 11.3 Å². The van der Waals surface area contributed by atoms with Crippen molar-refractivity contribution in [1.29, 1.82) is 0 Å². The third kappa shape index (κ3) is 4.70. The number of methoxy groups -OCH3 is 1. The van der Waals surface area contributed by atoms with Gasteiger partial charge in [-0.3, -0.25) is 4.79 Å². The molecular weight excluding hydrogens is 374 g/mol. The minimum Gasteiger partial charge on any atom is -0.506 e. The fourth-order valence-electron chi connectivity index (χ4n) is 2.76. The number of ether oxygens (including phenoxy) is 2. The first-order chi connectivity index (χ1) is 14.0. The summed E-state index contributed by atoms with van der Waals surface area (Å²) in [6.45, 7) is -0.273. The van der Waals surface area contributed by atoms with Crippen LogP contribution in [0.1, 0.15) is 26.3 Å². The van der Waals surface area contributed by atoms with E-state index in [0.29, 0.717) is 10.9 Å². The molecule has 3 aromatic rings. The highest BCUT2D eigenvalue weighted by Crippen LogP contribution is 2.28. The highest BCUT2D eigenvalue weighted by atomic mass is 16.5. The van der Waals surface area contributed by atoms with E-state index in [0.717, 1.165) is 10.9 Å². The molecule has 0 spiro atoms. The zero-order chi connectivity index (χ0) is 20.8. The summed E-state index contributed by atoms with van der Waals surface area (Å²) in [6.07, 6.45) is 0. The van der Waals surface area contributed by atoms with Crippen LogP contribution in [0, 0.1) is 0 Å². The van der Waals surface area contributed by atoms with Crippen molar-refractivity contribution in [1.82, 2.24) is 5.32 Å². The van der Waals surface area contributed by atoms with Crippen LogP contribution >= 0.6 is 0 Å². The predicted octanol–water partition coefficient (Wildman–Crippen LogP) is 2.81. The summed E-state index contributed by atoms with van der Waals surface area (Å²) in [5.41, 5.74) is 1.17. The van der Waals surface area contributed by atoms with Crippen LogP contribution in [0.4, 0.5) is 0 Å². The third-order valence-corrected chi connectivity index (χ3v) is 4.32. The molecule has 3 rings (SSSR count). The van der Waals surface area contributed by atoms with E-state index in [4.69, 9.17) is 4.74 Å². The molecule has 0 saturated carbocycles. The van der Waals surface area contributed by atoms with Crippen molar-refractivity contribution < 1.29 is 29.0 Å². The van der Waals surface area contributed by atoms with Crippen LogP contribution in [0.3, 0.4) is 0 Å². The smallest absolute Gasteiger partial charge is 0.342 e. The van der Waals surface area contributed by atoms with Gasteiger partial charge in [0, 0.05) is 11.9 Å². The molecule has 0 aromatic heterocycles. The van der Waals surface area contributed by atoms with Gasteiger partial charge in [0.15, 0.2) is 6.61 Å². The van der Waals surface area contributed by atoms with E-state index in [-0.39, 0.29) is 17.9 Å². The van der Waals surface area contributed by atoms with Gasteiger partial charge in [-0.1, -0.05) is 42.5 Å². The van der Waals surface area contributed by atoms with E-state index in [2.05, 4.69) is 10.1 Å². The summed E-state index contributed by atoms with van der Waals surface area (Å²) in [7, 11) is 1.30. The van der Waals surface area contributed by atoms with Crippen molar-refractivity contribution in [3.8, 4) is 5.75 Å². The molecule has 0 unspecified atom stereocenters. The first-order valence-corrected chi connectivity index (χ1v) is 8.81. The fraction of sp³-hybridized carbons (Fsp3) is 0.136. The number of hydrogen-bond acceptors (Lipinski definition) is 6. The second-order valence-electron chi connectivity index (χ2n) is 6.22. The number of phenolic OH excluding ortho intramolecular Hbond substituents is 1. The average Bonchev–Trinajstić information content (AvgIpc) is 2.76. The number of esters is 2. The molecule has 0 fully saturated rings. The Bertz CT molecular complexity index is 1060. The second-order valence-corrected chi connectivity index (χ2v) is 6.22. The van der Waals surface area contributed by atoms with Crippen LogP contribution in [0.25, 0.3) is 10.8 Å². The zero-order valence-electron chi connectivity index (χ0n) is 15.7. The molecule has 3 aromatic carbocycles. The van der Waals surface area contributed by atoms with E-state index in [1.807, 2.05) is 12.1 Å². The Kier molecular flexibility index (Phi) is 6.09. The van der Waals surface area contributed by atoms with E-state index >= 15 is 0 Å². The minimum atomic E-state index is -0.786. The van der Waals surface area contributed by atoms with Crippen LogP contribution in [0.5, 0.6) is 5.75 Å². The molecule has 0 radical (unpaired) electrons. The molecular formula is C22H19NO6. The van der Waals surface area contributed by atoms with Crippen molar-refractivity contribution in [2.24, 2.45) is 0 Å². The lowest BCUT2D eigenvalue weighted by Crippen LogP contribution is -2.28. The summed E-state index contributed by atoms with van der Waals surface area (Å²) in [5, 5.41) is 14.2. The van der Waals surface area contributed by atoms with Gasteiger partial charge in [0.2, 0.25) is 0 Å². The number of carbonyl (C=O) groups is 3. The Morgan fingerprint density at radius 2 is 1.66 bits per heavy atom. The van der Waals surface area contributed by atoms with Crippen molar-refractivity contribution in [2.75, 3.05) is 13.7 Å². The third-order valence-electron chi connectivity index (χ3n) is 4.32. The fourth-order valence-corrected chi connectivity index (χ4v) is 2.76. The van der Waals surface area contributed by atoms with Crippen LogP contribution < -0.4 is 5.32 Å². The Morgan fingerprint density at radius 1 is 0.931 bits per heavy atom. The van der Waals surface area contributed by atoms with E-state index in [1.165, 1.54) is 13.2 Å². The highest BCUT2D eigenvalue weighted by Gasteiger charge is 2.16. The van der Waals surface area contributed by atoms with Gasteiger partial charge in [-0.15, -0.1) is 0 Å². The van der Waals surface area contributed by atoms with E-state index < -0.39 is 24.5 Å². The Morgan fingerprint density at radius 3 is 2.38 bits per heavy atom. The number of aromatic hydroxyl groups is 1. The van der Waals surface area contributed by atoms with Crippen LogP contribution in [0.2, 0.25) is 0 Å². The van der Waals surface area contributed by atoms with Crippen molar-refractivity contribution in [3.63, 3.8) is 0 Å². The number of rotatable bonds is 6. The molecule has 0 aliphatic heterocycles. The maximum absolute atomic E-state index is 12.2. The summed E-state index contributed by atoms with van der Waals surface area (Å²) in [4.78, 5) is 35.6. The van der Waals surface area contributed by atoms with Crippen LogP contribution in [-0.2, 0) is 20.8 Å². The van der Waals surface area contributed by atoms with E-state index in [1.54, 1.807) is 42.5 Å². The van der Waals surface area contributed by atoms with E-state index in [9.17, 15) is 19.5 Å². The van der Waals surface area contributed by atoms with Gasteiger partial charge in [-0.05, 0) is 29.1 Å². The number of amides is 1. The molecule has 0 atom stereocenters. The summed E-state index contributed by atoms with van der Waals surface area (Å²) in [6, 6.07) is 16.8. The molecule has 0 aliphatic rings. The van der Waals surface area contributed by atoms with Crippen molar-refractivity contribution in [2.45, 2.75) is 6.54 Å². The Balaban J connectivity index is 1.53. The molecule has 7 nitrogen and oxygen atoms in total. The molecule has 0 saturated heterocycles. The monoisotopic (exact) mass is 393 g/mol. The van der Waals surface area contributed by atoms with Crippen LogP contribution in [-0.4, -0.2) is 36.7 Å². The van der Waals surface area contributed by atoms with Gasteiger partial charge in [0.05, 0.1) is 12.7 Å². The standard InChI is InChI=1S/C22H19NO6/c1-28-21(26)16-8-6-14(7-9-16)12-23-19(24)13-29-22(27)18-11-10-15-4-2-3-5-17(15)20(18)25/h2-11,25H,12-13H2,1H3,(H,23,24). The second kappa shape index (κ2) is 8.88. The minimum absolute atomic E-state index is 0.00472.